The maximum atomic E-state index is 11.6. The molecule has 0 aromatic carbocycles. The molecular weight excluding hydrogens is 200 g/mol. The molecule has 1 atom stereocenters. The summed E-state index contributed by atoms with van der Waals surface area (Å²) in [5.41, 5.74) is -0.269. The Hall–Kier alpha value is -0.570. The van der Waals surface area contributed by atoms with Crippen LogP contribution in [-0.4, -0.2) is 37.0 Å². The van der Waals surface area contributed by atoms with E-state index in [-0.39, 0.29) is 11.3 Å². The molecule has 1 heterocycles. The summed E-state index contributed by atoms with van der Waals surface area (Å²) in [7, 11) is 0. The SMILES string of the molecule is CC1CCCN(CCNC(=O)C(C)(C)C)C1. The van der Waals surface area contributed by atoms with E-state index in [0.29, 0.717) is 0 Å². The largest absolute Gasteiger partial charge is 0.354 e. The highest BCUT2D eigenvalue weighted by atomic mass is 16.2. The highest BCUT2D eigenvalue weighted by Crippen LogP contribution is 2.15. The lowest BCUT2D eigenvalue weighted by molar-refractivity contribution is -0.128. The van der Waals surface area contributed by atoms with E-state index >= 15 is 0 Å². The van der Waals surface area contributed by atoms with E-state index in [1.807, 2.05) is 20.8 Å². The van der Waals surface area contributed by atoms with Crippen molar-refractivity contribution in [3.8, 4) is 0 Å². The lowest BCUT2D eigenvalue weighted by atomic mass is 9.96. The molecule has 1 N–H and O–H groups in total. The van der Waals surface area contributed by atoms with Crippen molar-refractivity contribution >= 4 is 5.91 Å². The van der Waals surface area contributed by atoms with Crippen LogP contribution in [0.5, 0.6) is 0 Å². The summed E-state index contributed by atoms with van der Waals surface area (Å²) in [6.07, 6.45) is 2.65. The quantitative estimate of drug-likeness (QED) is 0.797. The van der Waals surface area contributed by atoms with Crippen LogP contribution in [0, 0.1) is 11.3 Å². The van der Waals surface area contributed by atoms with E-state index in [0.717, 1.165) is 19.0 Å². The fourth-order valence-electron chi connectivity index (χ4n) is 2.08. The van der Waals surface area contributed by atoms with Gasteiger partial charge in [-0.15, -0.1) is 0 Å². The number of likely N-dealkylation sites (tertiary alicyclic amines) is 1. The summed E-state index contributed by atoms with van der Waals surface area (Å²) in [6, 6.07) is 0. The van der Waals surface area contributed by atoms with Crippen LogP contribution in [0.15, 0.2) is 0 Å². The Morgan fingerprint density at radius 3 is 2.69 bits per heavy atom. The number of hydrogen-bond acceptors (Lipinski definition) is 2. The summed E-state index contributed by atoms with van der Waals surface area (Å²) >= 11 is 0. The summed E-state index contributed by atoms with van der Waals surface area (Å²) in [5.74, 6) is 0.963. The molecule has 1 saturated heterocycles. The summed E-state index contributed by atoms with van der Waals surface area (Å²) in [6.45, 7) is 12.3. The summed E-state index contributed by atoms with van der Waals surface area (Å²) in [4.78, 5) is 14.1. The predicted octanol–water partition coefficient (Wildman–Crippen LogP) is 1.88. The van der Waals surface area contributed by atoms with Crippen molar-refractivity contribution in [1.82, 2.24) is 10.2 Å². The fraction of sp³-hybridized carbons (Fsp3) is 0.923. The highest BCUT2D eigenvalue weighted by molar-refractivity contribution is 5.81. The van der Waals surface area contributed by atoms with Crippen molar-refractivity contribution in [2.75, 3.05) is 26.2 Å². The zero-order valence-corrected chi connectivity index (χ0v) is 11.2. The van der Waals surface area contributed by atoms with Crippen molar-refractivity contribution in [2.24, 2.45) is 11.3 Å². The molecule has 1 rings (SSSR count). The van der Waals surface area contributed by atoms with Gasteiger partial charge in [-0.1, -0.05) is 27.7 Å². The van der Waals surface area contributed by atoms with Gasteiger partial charge in [0, 0.05) is 25.0 Å². The van der Waals surface area contributed by atoms with Crippen LogP contribution in [-0.2, 0) is 4.79 Å². The van der Waals surface area contributed by atoms with Gasteiger partial charge in [0.1, 0.15) is 0 Å². The molecule has 1 amide bonds. The zero-order valence-electron chi connectivity index (χ0n) is 11.2. The van der Waals surface area contributed by atoms with Gasteiger partial charge < -0.3 is 10.2 Å². The number of carbonyl (C=O) groups is 1. The van der Waals surface area contributed by atoms with Crippen molar-refractivity contribution in [1.29, 1.82) is 0 Å². The Bertz CT molecular complexity index is 233. The smallest absolute Gasteiger partial charge is 0.225 e. The van der Waals surface area contributed by atoms with E-state index in [2.05, 4.69) is 17.1 Å². The topological polar surface area (TPSA) is 32.3 Å². The van der Waals surface area contributed by atoms with Crippen LogP contribution in [0.3, 0.4) is 0 Å². The van der Waals surface area contributed by atoms with Gasteiger partial charge in [0.25, 0.3) is 0 Å². The molecule has 0 radical (unpaired) electrons. The first kappa shape index (κ1) is 13.5. The van der Waals surface area contributed by atoms with Gasteiger partial charge in [0.15, 0.2) is 0 Å². The van der Waals surface area contributed by atoms with Gasteiger partial charge in [0.2, 0.25) is 5.91 Å². The first-order valence-electron chi connectivity index (χ1n) is 6.40. The lowest BCUT2D eigenvalue weighted by Gasteiger charge is -2.31. The number of rotatable bonds is 3. The van der Waals surface area contributed by atoms with Gasteiger partial charge in [-0.25, -0.2) is 0 Å². The molecule has 3 nitrogen and oxygen atoms in total. The molecule has 94 valence electrons. The van der Waals surface area contributed by atoms with E-state index < -0.39 is 0 Å². The molecule has 0 aromatic heterocycles. The Kier molecular flexibility index (Phi) is 4.78. The number of carbonyl (C=O) groups excluding carboxylic acids is 1. The predicted molar refractivity (Wildman–Crippen MR) is 67.3 cm³/mol. The van der Waals surface area contributed by atoms with Crippen LogP contribution in [0.4, 0.5) is 0 Å². The van der Waals surface area contributed by atoms with Crippen molar-refractivity contribution < 1.29 is 4.79 Å². The first-order valence-corrected chi connectivity index (χ1v) is 6.40. The first-order chi connectivity index (χ1) is 7.39. The second-order valence-corrected chi connectivity index (χ2v) is 6.05. The van der Waals surface area contributed by atoms with Crippen LogP contribution in [0.1, 0.15) is 40.5 Å². The van der Waals surface area contributed by atoms with Crippen LogP contribution < -0.4 is 5.32 Å². The average molecular weight is 226 g/mol. The summed E-state index contributed by atoms with van der Waals surface area (Å²) < 4.78 is 0. The van der Waals surface area contributed by atoms with Gasteiger partial charge in [-0.2, -0.15) is 0 Å². The third kappa shape index (κ3) is 4.52. The average Bonchev–Trinajstić information content (AvgIpc) is 2.16. The molecule has 1 unspecified atom stereocenters. The number of nitrogens with one attached hydrogen (secondary N) is 1. The molecule has 0 aliphatic carbocycles. The molecule has 1 aliphatic rings. The maximum Gasteiger partial charge on any atom is 0.225 e. The zero-order chi connectivity index (χ0) is 12.2. The minimum Gasteiger partial charge on any atom is -0.354 e. The number of amides is 1. The minimum atomic E-state index is -0.269. The van der Waals surface area contributed by atoms with Crippen molar-refractivity contribution in [3.05, 3.63) is 0 Å². The second-order valence-electron chi connectivity index (χ2n) is 6.05. The fourth-order valence-corrected chi connectivity index (χ4v) is 2.08. The van der Waals surface area contributed by atoms with E-state index in [4.69, 9.17) is 0 Å². The monoisotopic (exact) mass is 226 g/mol. The molecule has 0 aromatic rings. The third-order valence-electron chi connectivity index (χ3n) is 3.14. The van der Waals surface area contributed by atoms with Crippen molar-refractivity contribution in [3.63, 3.8) is 0 Å². The van der Waals surface area contributed by atoms with Crippen LogP contribution >= 0.6 is 0 Å². The van der Waals surface area contributed by atoms with Crippen LogP contribution in [0.25, 0.3) is 0 Å². The number of hydrogen-bond donors (Lipinski definition) is 1. The van der Waals surface area contributed by atoms with Gasteiger partial charge in [-0.05, 0) is 25.3 Å². The van der Waals surface area contributed by atoms with E-state index in [1.54, 1.807) is 0 Å². The Morgan fingerprint density at radius 2 is 2.12 bits per heavy atom. The molecule has 0 saturated carbocycles. The maximum absolute atomic E-state index is 11.6. The second kappa shape index (κ2) is 5.67. The molecule has 0 bridgehead atoms. The van der Waals surface area contributed by atoms with Gasteiger partial charge >= 0.3 is 0 Å². The van der Waals surface area contributed by atoms with Gasteiger partial charge in [0.05, 0.1) is 0 Å². The third-order valence-corrected chi connectivity index (χ3v) is 3.14. The van der Waals surface area contributed by atoms with Crippen LogP contribution in [0.2, 0.25) is 0 Å². The van der Waals surface area contributed by atoms with E-state index in [9.17, 15) is 4.79 Å². The Labute approximate surface area is 99.6 Å². The highest BCUT2D eigenvalue weighted by Gasteiger charge is 2.21. The number of piperidine rings is 1. The normalized spacial score (nSPS) is 23.1. The standard InChI is InChI=1S/C13H26N2O/c1-11-6-5-8-15(10-11)9-7-14-12(16)13(2,3)4/h11H,5-10H2,1-4H3,(H,14,16). The summed E-state index contributed by atoms with van der Waals surface area (Å²) in [5, 5.41) is 3.00. The van der Waals surface area contributed by atoms with Gasteiger partial charge in [-0.3, -0.25) is 4.79 Å². The molecule has 1 aliphatic heterocycles. The Balaban J connectivity index is 2.18. The molecule has 1 fully saturated rings. The molecule has 0 spiro atoms. The molecular formula is C13H26N2O. The lowest BCUT2D eigenvalue weighted by Crippen LogP contribution is -2.42. The molecule has 3 heteroatoms. The number of nitrogens with zero attached hydrogens (tertiary/aromatic N) is 1. The van der Waals surface area contributed by atoms with Crippen molar-refractivity contribution in [2.45, 2.75) is 40.5 Å². The van der Waals surface area contributed by atoms with E-state index in [1.165, 1.54) is 25.9 Å². The minimum absolute atomic E-state index is 0.151. The Morgan fingerprint density at radius 1 is 1.44 bits per heavy atom. The molecule has 16 heavy (non-hydrogen) atoms.